The molecule has 0 aliphatic heterocycles. The Bertz CT molecular complexity index is 605. The van der Waals surface area contributed by atoms with Crippen LogP contribution in [0.1, 0.15) is 18.9 Å². The van der Waals surface area contributed by atoms with Crippen molar-refractivity contribution in [3.05, 3.63) is 27.2 Å². The van der Waals surface area contributed by atoms with Gasteiger partial charge in [0.05, 0.1) is 10.7 Å². The highest BCUT2D eigenvalue weighted by Gasteiger charge is 2.27. The molecule has 1 aromatic rings. The highest BCUT2D eigenvalue weighted by atomic mass is 79.9. The quantitative estimate of drug-likeness (QED) is 0.763. The lowest BCUT2D eigenvalue weighted by Gasteiger charge is -2.17. The van der Waals surface area contributed by atoms with E-state index < -0.39 is 15.3 Å². The smallest absolute Gasteiger partial charge is 0.242 e. The Balaban J connectivity index is 3.15. The molecule has 0 saturated heterocycles. The minimum atomic E-state index is -3.68. The Hall–Kier alpha value is -0.370. The molecule has 1 atom stereocenters. The number of anilines is 1. The first-order valence-electron chi connectivity index (χ1n) is 5.45. The van der Waals surface area contributed by atoms with E-state index in [1.807, 2.05) is 6.92 Å². The zero-order chi connectivity index (χ0) is 14.8. The number of hydrogen-bond acceptors (Lipinski definition) is 3. The van der Waals surface area contributed by atoms with Crippen LogP contribution < -0.4 is 10.5 Å². The SMILES string of the molecule is CCC(C(N)=S)S(=O)(=O)Nc1cc(Cl)c(C)cc1Br. The van der Waals surface area contributed by atoms with Crippen molar-refractivity contribution in [3.8, 4) is 0 Å². The van der Waals surface area contributed by atoms with Gasteiger partial charge in [0, 0.05) is 9.50 Å². The molecule has 0 spiro atoms. The Morgan fingerprint density at radius 3 is 2.63 bits per heavy atom. The molecule has 1 rings (SSSR count). The summed E-state index contributed by atoms with van der Waals surface area (Å²) in [4.78, 5) is -0.0515. The van der Waals surface area contributed by atoms with Gasteiger partial charge in [0.2, 0.25) is 10.0 Å². The fourth-order valence-electron chi connectivity index (χ4n) is 1.52. The third-order valence-corrected chi connectivity index (χ3v) is 5.90. The van der Waals surface area contributed by atoms with Crippen molar-refractivity contribution in [1.82, 2.24) is 0 Å². The fourth-order valence-corrected chi connectivity index (χ4v) is 4.28. The highest BCUT2D eigenvalue weighted by Crippen LogP contribution is 2.30. The van der Waals surface area contributed by atoms with E-state index in [2.05, 4.69) is 20.7 Å². The highest BCUT2D eigenvalue weighted by molar-refractivity contribution is 9.10. The van der Waals surface area contributed by atoms with Gasteiger partial charge in [0.25, 0.3) is 0 Å². The lowest BCUT2D eigenvalue weighted by atomic mass is 10.2. The van der Waals surface area contributed by atoms with Crippen LogP contribution in [0.5, 0.6) is 0 Å². The van der Waals surface area contributed by atoms with Crippen LogP contribution in [-0.4, -0.2) is 18.7 Å². The molecule has 3 N–H and O–H groups in total. The van der Waals surface area contributed by atoms with Gasteiger partial charge in [-0.15, -0.1) is 0 Å². The van der Waals surface area contributed by atoms with E-state index in [0.717, 1.165) is 5.56 Å². The summed E-state index contributed by atoms with van der Waals surface area (Å²) in [5, 5.41) is -0.432. The maximum atomic E-state index is 12.2. The molecule has 0 aliphatic rings. The summed E-state index contributed by atoms with van der Waals surface area (Å²) in [5.74, 6) is 0. The van der Waals surface area contributed by atoms with E-state index in [-0.39, 0.29) is 4.99 Å². The molecule has 0 aromatic heterocycles. The van der Waals surface area contributed by atoms with Crippen LogP contribution in [-0.2, 0) is 10.0 Å². The molecular weight excluding hydrogens is 372 g/mol. The van der Waals surface area contributed by atoms with Crippen molar-refractivity contribution < 1.29 is 8.42 Å². The monoisotopic (exact) mass is 384 g/mol. The predicted molar refractivity (Wildman–Crippen MR) is 87.3 cm³/mol. The van der Waals surface area contributed by atoms with Crippen LogP contribution in [0.2, 0.25) is 5.02 Å². The summed E-state index contributed by atoms with van der Waals surface area (Å²) in [5.41, 5.74) is 6.66. The third kappa shape index (κ3) is 4.05. The molecule has 0 saturated carbocycles. The van der Waals surface area contributed by atoms with Crippen LogP contribution in [0.15, 0.2) is 16.6 Å². The summed E-state index contributed by atoms with van der Waals surface area (Å²) in [7, 11) is -3.68. The molecule has 0 bridgehead atoms. The average Bonchev–Trinajstić information content (AvgIpc) is 2.25. The van der Waals surface area contributed by atoms with Crippen molar-refractivity contribution in [1.29, 1.82) is 0 Å². The maximum Gasteiger partial charge on any atom is 0.242 e. The fraction of sp³-hybridized carbons (Fsp3) is 0.364. The van der Waals surface area contributed by atoms with Gasteiger partial charge in [-0.1, -0.05) is 30.7 Å². The molecule has 19 heavy (non-hydrogen) atoms. The molecule has 1 unspecified atom stereocenters. The normalized spacial score (nSPS) is 13.1. The first-order chi connectivity index (χ1) is 8.69. The Labute approximate surface area is 131 Å². The summed E-state index contributed by atoms with van der Waals surface area (Å²) < 4.78 is 27.4. The summed E-state index contributed by atoms with van der Waals surface area (Å²) >= 11 is 14.1. The second-order valence-electron chi connectivity index (χ2n) is 4.03. The van der Waals surface area contributed by atoms with Gasteiger partial charge < -0.3 is 5.73 Å². The second kappa shape index (κ2) is 6.39. The number of hydrogen-bond donors (Lipinski definition) is 2. The molecule has 0 aliphatic carbocycles. The number of benzene rings is 1. The number of aryl methyl sites for hydroxylation is 1. The van der Waals surface area contributed by atoms with Crippen molar-refractivity contribution in [2.24, 2.45) is 5.73 Å². The van der Waals surface area contributed by atoms with Crippen LogP contribution in [0.4, 0.5) is 5.69 Å². The lowest BCUT2D eigenvalue weighted by Crippen LogP contribution is -2.37. The molecule has 0 heterocycles. The summed E-state index contributed by atoms with van der Waals surface area (Å²) in [6.45, 7) is 3.54. The van der Waals surface area contributed by atoms with Crippen LogP contribution in [0.3, 0.4) is 0 Å². The third-order valence-electron chi connectivity index (χ3n) is 2.56. The first kappa shape index (κ1) is 16.7. The Morgan fingerprint density at radius 1 is 1.58 bits per heavy atom. The van der Waals surface area contributed by atoms with E-state index >= 15 is 0 Å². The van der Waals surface area contributed by atoms with E-state index in [1.165, 1.54) is 0 Å². The number of thiocarbonyl (C=S) groups is 1. The van der Waals surface area contributed by atoms with Crippen molar-refractivity contribution >= 4 is 60.4 Å². The van der Waals surface area contributed by atoms with Gasteiger partial charge in [-0.3, -0.25) is 4.72 Å². The van der Waals surface area contributed by atoms with E-state index in [0.29, 0.717) is 21.6 Å². The van der Waals surface area contributed by atoms with Crippen LogP contribution in [0, 0.1) is 6.92 Å². The minimum absolute atomic E-state index is 0.0515. The molecule has 0 amide bonds. The topological polar surface area (TPSA) is 72.2 Å². The lowest BCUT2D eigenvalue weighted by molar-refractivity contribution is 0.594. The first-order valence-corrected chi connectivity index (χ1v) is 8.58. The Kier molecular flexibility index (Phi) is 5.61. The van der Waals surface area contributed by atoms with Gasteiger partial charge in [-0.05, 0) is 47.0 Å². The minimum Gasteiger partial charge on any atom is -0.392 e. The largest absolute Gasteiger partial charge is 0.392 e. The summed E-state index contributed by atoms with van der Waals surface area (Å²) in [6.07, 6.45) is 0.307. The molecule has 1 aromatic carbocycles. The van der Waals surface area contributed by atoms with E-state index in [1.54, 1.807) is 19.1 Å². The number of rotatable bonds is 5. The van der Waals surface area contributed by atoms with Gasteiger partial charge in [0.1, 0.15) is 5.25 Å². The number of nitrogens with one attached hydrogen (secondary N) is 1. The van der Waals surface area contributed by atoms with Gasteiger partial charge in [-0.25, -0.2) is 8.42 Å². The zero-order valence-corrected chi connectivity index (χ0v) is 14.4. The van der Waals surface area contributed by atoms with Crippen molar-refractivity contribution in [2.75, 3.05) is 4.72 Å². The van der Waals surface area contributed by atoms with Crippen molar-refractivity contribution in [3.63, 3.8) is 0 Å². The molecule has 0 fully saturated rings. The molecule has 4 nitrogen and oxygen atoms in total. The number of sulfonamides is 1. The average molecular weight is 386 g/mol. The van der Waals surface area contributed by atoms with Crippen LogP contribution >= 0.6 is 39.7 Å². The maximum absolute atomic E-state index is 12.2. The zero-order valence-electron chi connectivity index (χ0n) is 10.4. The predicted octanol–water partition coefficient (Wildman–Crippen LogP) is 3.22. The summed E-state index contributed by atoms with van der Waals surface area (Å²) in [6, 6.07) is 3.28. The number of halogens is 2. The van der Waals surface area contributed by atoms with Gasteiger partial charge in [-0.2, -0.15) is 0 Å². The van der Waals surface area contributed by atoms with E-state index in [9.17, 15) is 8.42 Å². The molecular formula is C11H14BrClN2O2S2. The standard InChI is InChI=1S/C11H14BrClN2O2S2/c1-3-10(11(14)18)19(16,17)15-9-5-8(13)6(2)4-7(9)12/h4-5,10,15H,3H2,1-2H3,(H2,14,18). The van der Waals surface area contributed by atoms with Crippen LogP contribution in [0.25, 0.3) is 0 Å². The van der Waals surface area contributed by atoms with Gasteiger partial charge in [0.15, 0.2) is 0 Å². The molecule has 0 radical (unpaired) electrons. The second-order valence-corrected chi connectivity index (χ2v) is 7.62. The Morgan fingerprint density at radius 2 is 2.16 bits per heavy atom. The number of nitrogens with two attached hydrogens (primary N) is 1. The van der Waals surface area contributed by atoms with E-state index in [4.69, 9.17) is 29.6 Å². The van der Waals surface area contributed by atoms with Crippen molar-refractivity contribution in [2.45, 2.75) is 25.5 Å². The molecule has 106 valence electrons. The van der Waals surface area contributed by atoms with Gasteiger partial charge >= 0.3 is 0 Å². The molecule has 8 heteroatoms.